The number of hydrogen-bond donors (Lipinski definition) is 0. The minimum absolute atomic E-state index is 0.289. The fraction of sp³-hybridized carbons (Fsp3) is 0.0952. The third-order valence-electron chi connectivity index (χ3n) is 3.66. The van der Waals surface area contributed by atoms with Gasteiger partial charge in [-0.15, -0.1) is 0 Å². The van der Waals surface area contributed by atoms with Crippen molar-refractivity contribution in [2.24, 2.45) is 0 Å². The van der Waals surface area contributed by atoms with Crippen molar-refractivity contribution < 1.29 is 9.53 Å². The van der Waals surface area contributed by atoms with Crippen LogP contribution >= 0.6 is 0 Å². The lowest BCUT2D eigenvalue weighted by Gasteiger charge is -2.10. The van der Waals surface area contributed by atoms with Gasteiger partial charge in [0.05, 0.1) is 12.2 Å². The van der Waals surface area contributed by atoms with Gasteiger partial charge in [0.15, 0.2) is 0 Å². The van der Waals surface area contributed by atoms with Crippen LogP contribution in [0.2, 0.25) is 0 Å². The number of benzene rings is 3. The summed E-state index contributed by atoms with van der Waals surface area (Å²) in [5, 5.41) is 0. The van der Waals surface area contributed by atoms with Crippen LogP contribution in [-0.4, -0.2) is 12.6 Å². The minimum Gasteiger partial charge on any atom is -0.462 e. The van der Waals surface area contributed by atoms with Crippen molar-refractivity contribution in [3.05, 3.63) is 84.4 Å². The maximum Gasteiger partial charge on any atom is 0.338 e. The van der Waals surface area contributed by atoms with Crippen LogP contribution in [0, 0.1) is 0 Å². The van der Waals surface area contributed by atoms with Gasteiger partial charge in [-0.05, 0) is 47.4 Å². The summed E-state index contributed by atoms with van der Waals surface area (Å²) < 4.78 is 5.17. The fourth-order valence-electron chi connectivity index (χ4n) is 2.55. The second-order valence-electron chi connectivity index (χ2n) is 5.25. The van der Waals surface area contributed by atoms with Crippen LogP contribution in [0.1, 0.15) is 17.3 Å². The fourth-order valence-corrected chi connectivity index (χ4v) is 2.55. The number of hydrogen-bond acceptors (Lipinski definition) is 2. The Morgan fingerprint density at radius 2 is 1.22 bits per heavy atom. The summed E-state index contributed by atoms with van der Waals surface area (Å²) in [6, 6.07) is 26.0. The molecule has 3 aromatic rings. The lowest BCUT2D eigenvalue weighted by molar-refractivity contribution is 0.0526. The zero-order valence-corrected chi connectivity index (χ0v) is 13.0. The van der Waals surface area contributed by atoms with Crippen LogP contribution in [0.5, 0.6) is 0 Å². The van der Waals surface area contributed by atoms with E-state index in [1.54, 1.807) is 0 Å². The minimum atomic E-state index is -0.289. The summed E-state index contributed by atoms with van der Waals surface area (Å²) in [5.41, 5.74) is 4.75. The lowest BCUT2D eigenvalue weighted by atomic mass is 9.96. The van der Waals surface area contributed by atoms with E-state index in [1.807, 2.05) is 79.7 Å². The molecule has 2 heteroatoms. The Balaban J connectivity index is 2.13. The highest BCUT2D eigenvalue weighted by atomic mass is 16.5. The molecule has 0 saturated carbocycles. The van der Waals surface area contributed by atoms with Crippen molar-refractivity contribution in [3.63, 3.8) is 0 Å². The molecule has 3 rings (SSSR count). The topological polar surface area (TPSA) is 26.3 Å². The van der Waals surface area contributed by atoms with Gasteiger partial charge in [0.25, 0.3) is 0 Å². The quantitative estimate of drug-likeness (QED) is 0.619. The van der Waals surface area contributed by atoms with Crippen LogP contribution in [0.4, 0.5) is 0 Å². The van der Waals surface area contributed by atoms with Crippen molar-refractivity contribution in [2.75, 3.05) is 6.61 Å². The SMILES string of the molecule is CCOC(=O)c1cc(-c2ccccc2)cc(-c2ccccc2)c1. The molecule has 0 radical (unpaired) electrons. The predicted molar refractivity (Wildman–Crippen MR) is 93.3 cm³/mol. The highest BCUT2D eigenvalue weighted by Crippen LogP contribution is 2.28. The van der Waals surface area contributed by atoms with Gasteiger partial charge < -0.3 is 4.74 Å². The van der Waals surface area contributed by atoms with E-state index in [1.165, 1.54) is 0 Å². The number of carbonyl (C=O) groups is 1. The molecule has 23 heavy (non-hydrogen) atoms. The van der Waals surface area contributed by atoms with Gasteiger partial charge in [-0.25, -0.2) is 4.79 Å². The van der Waals surface area contributed by atoms with Gasteiger partial charge >= 0.3 is 5.97 Å². The first-order valence-electron chi connectivity index (χ1n) is 7.71. The van der Waals surface area contributed by atoms with E-state index in [-0.39, 0.29) is 5.97 Å². The lowest BCUT2D eigenvalue weighted by Crippen LogP contribution is -2.05. The Kier molecular flexibility index (Phi) is 4.53. The van der Waals surface area contributed by atoms with Crippen molar-refractivity contribution >= 4 is 5.97 Å². The molecule has 0 bridgehead atoms. The maximum absolute atomic E-state index is 12.2. The first kappa shape index (κ1) is 15.0. The van der Waals surface area contributed by atoms with Crippen LogP contribution in [-0.2, 0) is 4.74 Å². The Bertz CT molecular complexity index is 735. The van der Waals surface area contributed by atoms with Gasteiger partial charge in [-0.3, -0.25) is 0 Å². The second kappa shape index (κ2) is 6.93. The third-order valence-corrected chi connectivity index (χ3v) is 3.66. The Morgan fingerprint density at radius 1 is 0.739 bits per heavy atom. The van der Waals surface area contributed by atoms with E-state index in [9.17, 15) is 4.79 Å². The summed E-state index contributed by atoms with van der Waals surface area (Å²) in [6.07, 6.45) is 0. The largest absolute Gasteiger partial charge is 0.462 e. The summed E-state index contributed by atoms with van der Waals surface area (Å²) in [5.74, 6) is -0.289. The molecule has 0 aliphatic heterocycles. The zero-order chi connectivity index (χ0) is 16.1. The van der Waals surface area contributed by atoms with Crippen LogP contribution in [0.15, 0.2) is 78.9 Å². The molecule has 0 saturated heterocycles. The molecule has 0 aliphatic carbocycles. The van der Waals surface area contributed by atoms with Crippen molar-refractivity contribution in [1.82, 2.24) is 0 Å². The monoisotopic (exact) mass is 302 g/mol. The molecule has 0 aromatic heterocycles. The normalized spacial score (nSPS) is 10.3. The summed E-state index contributed by atoms with van der Waals surface area (Å²) in [7, 11) is 0. The van der Waals surface area contributed by atoms with E-state index in [0.29, 0.717) is 12.2 Å². The molecule has 0 spiro atoms. The molecule has 2 nitrogen and oxygen atoms in total. The highest BCUT2D eigenvalue weighted by Gasteiger charge is 2.11. The standard InChI is InChI=1S/C21H18O2/c1-2-23-21(22)20-14-18(16-9-5-3-6-10-16)13-19(15-20)17-11-7-4-8-12-17/h3-15H,2H2,1H3. The molecule has 0 N–H and O–H groups in total. The molecule has 0 aliphatic rings. The summed E-state index contributed by atoms with van der Waals surface area (Å²) in [6.45, 7) is 2.19. The number of ether oxygens (including phenoxy) is 1. The smallest absolute Gasteiger partial charge is 0.338 e. The number of rotatable bonds is 4. The third kappa shape index (κ3) is 3.49. The summed E-state index contributed by atoms with van der Waals surface area (Å²) in [4.78, 5) is 12.2. The average molecular weight is 302 g/mol. The van der Waals surface area contributed by atoms with E-state index in [2.05, 4.69) is 6.07 Å². The molecule has 0 heterocycles. The van der Waals surface area contributed by atoms with Gasteiger partial charge in [0, 0.05) is 0 Å². The molecule has 0 fully saturated rings. The highest BCUT2D eigenvalue weighted by molar-refractivity contribution is 5.93. The molecular weight excluding hydrogens is 284 g/mol. The Morgan fingerprint density at radius 3 is 1.65 bits per heavy atom. The first-order chi connectivity index (χ1) is 11.3. The van der Waals surface area contributed by atoms with E-state index < -0.39 is 0 Å². The van der Waals surface area contributed by atoms with Crippen LogP contribution in [0.3, 0.4) is 0 Å². The van der Waals surface area contributed by atoms with Crippen LogP contribution < -0.4 is 0 Å². The zero-order valence-electron chi connectivity index (χ0n) is 13.0. The average Bonchev–Trinajstić information content (AvgIpc) is 2.63. The molecule has 0 atom stereocenters. The Hall–Kier alpha value is -2.87. The van der Waals surface area contributed by atoms with Crippen molar-refractivity contribution in [3.8, 4) is 22.3 Å². The van der Waals surface area contributed by atoms with E-state index in [0.717, 1.165) is 22.3 Å². The van der Waals surface area contributed by atoms with Gasteiger partial charge in [0.1, 0.15) is 0 Å². The molecule has 114 valence electrons. The van der Waals surface area contributed by atoms with E-state index >= 15 is 0 Å². The molecule has 0 unspecified atom stereocenters. The predicted octanol–water partition coefficient (Wildman–Crippen LogP) is 5.20. The molecule has 0 amide bonds. The van der Waals surface area contributed by atoms with E-state index in [4.69, 9.17) is 4.74 Å². The number of carbonyl (C=O) groups excluding carboxylic acids is 1. The maximum atomic E-state index is 12.2. The molecule has 3 aromatic carbocycles. The van der Waals surface area contributed by atoms with Gasteiger partial charge in [0.2, 0.25) is 0 Å². The van der Waals surface area contributed by atoms with Gasteiger partial charge in [-0.1, -0.05) is 60.7 Å². The van der Waals surface area contributed by atoms with Crippen molar-refractivity contribution in [1.29, 1.82) is 0 Å². The van der Waals surface area contributed by atoms with Crippen molar-refractivity contribution in [2.45, 2.75) is 6.92 Å². The molecular formula is C21H18O2. The number of esters is 1. The first-order valence-corrected chi connectivity index (χ1v) is 7.71. The Labute approximate surface area is 136 Å². The second-order valence-corrected chi connectivity index (χ2v) is 5.25. The summed E-state index contributed by atoms with van der Waals surface area (Å²) >= 11 is 0. The van der Waals surface area contributed by atoms with Gasteiger partial charge in [-0.2, -0.15) is 0 Å². The van der Waals surface area contributed by atoms with Crippen LogP contribution in [0.25, 0.3) is 22.3 Å².